The molecule has 0 spiro atoms. The van der Waals surface area contributed by atoms with Gasteiger partial charge in [0.05, 0.1) is 12.8 Å². The highest BCUT2D eigenvalue weighted by molar-refractivity contribution is 6.33. The van der Waals surface area contributed by atoms with Crippen molar-refractivity contribution >= 4 is 17.8 Å². The first kappa shape index (κ1) is 17.8. The number of H-pyrrole nitrogens is 1. The first-order valence-corrected chi connectivity index (χ1v) is 6.86. The molecule has 6 nitrogen and oxygen atoms in total. The minimum absolute atomic E-state index is 0.225. The third-order valence-electron chi connectivity index (χ3n) is 3.02. The van der Waals surface area contributed by atoms with E-state index in [1.165, 1.54) is 31.5 Å². The molecule has 0 amide bonds. The van der Waals surface area contributed by atoms with E-state index in [9.17, 15) is 22.8 Å². The van der Waals surface area contributed by atoms with Gasteiger partial charge in [0.1, 0.15) is 12.8 Å². The Labute approximate surface area is 138 Å². The Morgan fingerprint density at radius 2 is 2.04 bits per heavy atom. The molecule has 0 unspecified atom stereocenters. The number of hydrogen-bond acceptors (Lipinski definition) is 4. The zero-order valence-electron chi connectivity index (χ0n) is 12.2. The smallest absolute Gasteiger partial charge is 0.399 e. The summed E-state index contributed by atoms with van der Waals surface area (Å²) in [5, 5.41) is 3.91. The molecule has 0 aliphatic heterocycles. The predicted octanol–water partition coefficient (Wildman–Crippen LogP) is 2.24. The molecule has 0 bridgehead atoms. The molecular weight excluding hydrogens is 351 g/mol. The lowest BCUT2D eigenvalue weighted by molar-refractivity contribution is -0.141. The maximum atomic E-state index is 12.6. The second-order valence-corrected chi connectivity index (χ2v) is 5.09. The molecule has 1 N–H and O–H groups in total. The maximum absolute atomic E-state index is 12.6. The molecule has 1 heterocycles. The molecule has 1 aromatic carbocycles. The van der Waals surface area contributed by atoms with Gasteiger partial charge in [0.15, 0.2) is 0 Å². The number of nitrogens with zero attached hydrogens (tertiary/aromatic N) is 2. The van der Waals surface area contributed by atoms with E-state index >= 15 is 0 Å². The Morgan fingerprint density at radius 1 is 1.33 bits per heavy atom. The molecule has 0 aliphatic rings. The van der Waals surface area contributed by atoms with E-state index in [4.69, 9.17) is 11.6 Å². The van der Waals surface area contributed by atoms with Gasteiger partial charge in [0.2, 0.25) is 0 Å². The van der Waals surface area contributed by atoms with Gasteiger partial charge in [-0.1, -0.05) is 22.8 Å². The van der Waals surface area contributed by atoms with Gasteiger partial charge in [0, 0.05) is 16.7 Å². The molecular formula is C14H11ClF3N3O3. The molecule has 1 aromatic heterocycles. The van der Waals surface area contributed by atoms with Crippen molar-refractivity contribution in [1.82, 2.24) is 9.55 Å². The van der Waals surface area contributed by atoms with Gasteiger partial charge in [-0.15, -0.1) is 0 Å². The molecule has 0 aliphatic carbocycles. The molecule has 0 atom stereocenters. The van der Waals surface area contributed by atoms with E-state index in [-0.39, 0.29) is 6.54 Å². The fraction of sp³-hybridized carbons (Fsp3) is 0.214. The van der Waals surface area contributed by atoms with Crippen LogP contribution in [0.2, 0.25) is 5.02 Å². The van der Waals surface area contributed by atoms with Gasteiger partial charge < -0.3 is 9.82 Å². The standard InChI is InChI=1S/C14H11ClF3N3O3/c1-24-19-6-9-4-8(2-3-10(9)15)7-21-12(22)5-11(14(16,17)18)20-13(21)23/h2-6H,7H2,1H3,(H,20,23). The van der Waals surface area contributed by atoms with Crippen LogP contribution in [0.4, 0.5) is 13.2 Å². The van der Waals surface area contributed by atoms with Crippen LogP contribution in [-0.2, 0) is 17.6 Å². The monoisotopic (exact) mass is 361 g/mol. The minimum Gasteiger partial charge on any atom is -0.399 e. The molecule has 24 heavy (non-hydrogen) atoms. The summed E-state index contributed by atoms with van der Waals surface area (Å²) in [5.74, 6) is 0. The van der Waals surface area contributed by atoms with Crippen molar-refractivity contribution < 1.29 is 18.0 Å². The van der Waals surface area contributed by atoms with Crippen LogP contribution in [0.1, 0.15) is 16.8 Å². The molecule has 0 saturated heterocycles. The summed E-state index contributed by atoms with van der Waals surface area (Å²) in [5.41, 5.74) is -2.67. The quantitative estimate of drug-likeness (QED) is 0.670. The number of nitrogens with one attached hydrogen (secondary N) is 1. The predicted molar refractivity (Wildman–Crippen MR) is 81.5 cm³/mol. The number of aromatic amines is 1. The summed E-state index contributed by atoms with van der Waals surface area (Å²) in [6.07, 6.45) is -3.48. The lowest BCUT2D eigenvalue weighted by Gasteiger charge is -2.09. The van der Waals surface area contributed by atoms with Gasteiger partial charge in [-0.2, -0.15) is 13.2 Å². The van der Waals surface area contributed by atoms with E-state index in [2.05, 4.69) is 9.99 Å². The number of rotatable bonds is 4. The Bertz CT molecular complexity index is 856. The lowest BCUT2D eigenvalue weighted by Crippen LogP contribution is -2.37. The van der Waals surface area contributed by atoms with Crippen LogP contribution in [0.25, 0.3) is 0 Å². The average molecular weight is 362 g/mol. The highest BCUT2D eigenvalue weighted by Gasteiger charge is 2.32. The van der Waals surface area contributed by atoms with Crippen molar-refractivity contribution in [3.8, 4) is 0 Å². The van der Waals surface area contributed by atoms with Crippen molar-refractivity contribution in [2.75, 3.05) is 7.11 Å². The average Bonchev–Trinajstić information content (AvgIpc) is 2.50. The van der Waals surface area contributed by atoms with Crippen molar-refractivity contribution in [2.45, 2.75) is 12.7 Å². The van der Waals surface area contributed by atoms with Crippen molar-refractivity contribution in [1.29, 1.82) is 0 Å². The highest BCUT2D eigenvalue weighted by Crippen LogP contribution is 2.25. The SMILES string of the molecule is CON=Cc1cc(Cn2c(=O)cc(C(F)(F)F)[nH]c2=O)ccc1Cl. The van der Waals surface area contributed by atoms with Crippen LogP contribution in [-0.4, -0.2) is 22.9 Å². The Balaban J connectivity index is 2.41. The molecule has 0 radical (unpaired) electrons. The third-order valence-corrected chi connectivity index (χ3v) is 3.37. The number of benzene rings is 1. The van der Waals surface area contributed by atoms with Crippen molar-refractivity contribution in [2.24, 2.45) is 5.16 Å². The van der Waals surface area contributed by atoms with Gasteiger partial charge in [0.25, 0.3) is 5.56 Å². The van der Waals surface area contributed by atoms with Crippen LogP contribution in [0.3, 0.4) is 0 Å². The number of hydrogen-bond donors (Lipinski definition) is 1. The molecule has 10 heteroatoms. The first-order valence-electron chi connectivity index (χ1n) is 6.48. The van der Waals surface area contributed by atoms with Crippen molar-refractivity contribution in [3.63, 3.8) is 0 Å². The topological polar surface area (TPSA) is 76.5 Å². The molecule has 2 rings (SSSR count). The highest BCUT2D eigenvalue weighted by atomic mass is 35.5. The number of oxime groups is 1. The van der Waals surface area contributed by atoms with Crippen LogP contribution in [0.5, 0.6) is 0 Å². The fourth-order valence-electron chi connectivity index (χ4n) is 1.91. The number of halogens is 4. The Hall–Kier alpha value is -2.55. The third kappa shape index (κ3) is 4.05. The summed E-state index contributed by atoms with van der Waals surface area (Å²) < 4.78 is 38.3. The van der Waals surface area contributed by atoms with Gasteiger partial charge >= 0.3 is 11.9 Å². The fourth-order valence-corrected chi connectivity index (χ4v) is 2.07. The summed E-state index contributed by atoms with van der Waals surface area (Å²) in [4.78, 5) is 29.8. The van der Waals surface area contributed by atoms with Crippen LogP contribution in [0.15, 0.2) is 39.0 Å². The maximum Gasteiger partial charge on any atom is 0.431 e. The first-order chi connectivity index (χ1) is 11.2. The van der Waals surface area contributed by atoms with Gasteiger partial charge in [-0.25, -0.2) is 4.79 Å². The van der Waals surface area contributed by atoms with Crippen molar-refractivity contribution in [3.05, 3.63) is 66.9 Å². The number of aromatic nitrogens is 2. The molecule has 0 saturated carbocycles. The second-order valence-electron chi connectivity index (χ2n) is 4.68. The van der Waals surface area contributed by atoms with Gasteiger partial charge in [-0.3, -0.25) is 9.36 Å². The van der Waals surface area contributed by atoms with Crippen LogP contribution < -0.4 is 11.2 Å². The van der Waals surface area contributed by atoms with Crippen LogP contribution in [0, 0.1) is 0 Å². The molecule has 2 aromatic rings. The molecule has 128 valence electrons. The normalized spacial score (nSPS) is 11.9. The largest absolute Gasteiger partial charge is 0.431 e. The summed E-state index contributed by atoms with van der Waals surface area (Å²) in [6.45, 7) is -0.225. The van der Waals surface area contributed by atoms with E-state index in [0.717, 1.165) is 0 Å². The summed E-state index contributed by atoms with van der Waals surface area (Å²) >= 11 is 5.96. The van der Waals surface area contributed by atoms with E-state index in [1.54, 1.807) is 4.98 Å². The molecule has 0 fully saturated rings. The summed E-state index contributed by atoms with van der Waals surface area (Å²) in [7, 11) is 1.34. The van der Waals surface area contributed by atoms with E-state index < -0.39 is 23.1 Å². The van der Waals surface area contributed by atoms with Crippen LogP contribution >= 0.6 is 11.6 Å². The van der Waals surface area contributed by atoms with E-state index in [1.807, 2.05) is 0 Å². The van der Waals surface area contributed by atoms with Gasteiger partial charge in [-0.05, 0) is 17.7 Å². The zero-order valence-corrected chi connectivity index (χ0v) is 13.0. The lowest BCUT2D eigenvalue weighted by atomic mass is 10.1. The Morgan fingerprint density at radius 3 is 2.62 bits per heavy atom. The summed E-state index contributed by atoms with van der Waals surface area (Å²) in [6, 6.07) is 4.92. The minimum atomic E-state index is -4.80. The second kappa shape index (κ2) is 6.91. The van der Waals surface area contributed by atoms with E-state index in [0.29, 0.717) is 26.8 Å². The number of alkyl halides is 3. The Kier molecular flexibility index (Phi) is 5.13. The zero-order chi connectivity index (χ0) is 17.9.